The van der Waals surface area contributed by atoms with Crippen molar-refractivity contribution in [3.63, 3.8) is 0 Å². The summed E-state index contributed by atoms with van der Waals surface area (Å²) in [6.45, 7) is 0.277. The van der Waals surface area contributed by atoms with E-state index in [-0.39, 0.29) is 6.54 Å². The second kappa shape index (κ2) is 4.32. The van der Waals surface area contributed by atoms with Crippen molar-refractivity contribution in [2.75, 3.05) is 6.54 Å². The second-order valence-electron chi connectivity index (χ2n) is 6.87. The van der Waals surface area contributed by atoms with Crippen LogP contribution in [-0.4, -0.2) is 21.4 Å². The number of hydrogen-bond donors (Lipinski definition) is 2. The molecule has 0 radical (unpaired) electrons. The van der Waals surface area contributed by atoms with E-state index in [1.807, 2.05) is 12.3 Å². The Balaban J connectivity index is 1.67. The van der Waals surface area contributed by atoms with Crippen molar-refractivity contribution in [3.8, 4) is 0 Å². The van der Waals surface area contributed by atoms with Crippen molar-refractivity contribution in [2.45, 2.75) is 44.2 Å². The minimum atomic E-state index is -0.570. The summed E-state index contributed by atoms with van der Waals surface area (Å²) in [7, 11) is 0. The van der Waals surface area contributed by atoms with Crippen LogP contribution in [0.25, 0.3) is 0 Å². The molecule has 4 aliphatic rings. The zero-order valence-electron chi connectivity index (χ0n) is 11.3. The zero-order chi connectivity index (χ0) is 13.0. The largest absolute Gasteiger partial charge is 0.385 e. The van der Waals surface area contributed by atoms with Crippen LogP contribution in [0.2, 0.25) is 0 Å². The summed E-state index contributed by atoms with van der Waals surface area (Å²) in [4.78, 5) is 0. The molecule has 1 unspecified atom stereocenters. The van der Waals surface area contributed by atoms with Gasteiger partial charge in [-0.3, -0.25) is 4.68 Å². The number of nitrogens with two attached hydrogens (primary N) is 1. The Labute approximate surface area is 114 Å². The first-order chi connectivity index (χ1) is 9.26. The van der Waals surface area contributed by atoms with Gasteiger partial charge in [-0.1, -0.05) is 0 Å². The molecule has 4 saturated carbocycles. The summed E-state index contributed by atoms with van der Waals surface area (Å²) in [5.41, 5.74) is 6.53. The lowest BCUT2D eigenvalue weighted by atomic mass is 9.54. The maximum atomic E-state index is 10.1. The Morgan fingerprint density at radius 3 is 2.42 bits per heavy atom. The van der Waals surface area contributed by atoms with E-state index in [9.17, 15) is 5.11 Å². The molecular formula is C15H23N3O. The average Bonchev–Trinajstić information content (AvgIpc) is 2.85. The molecule has 0 aliphatic heterocycles. The highest BCUT2D eigenvalue weighted by Crippen LogP contribution is 2.58. The van der Waals surface area contributed by atoms with Gasteiger partial charge in [-0.25, -0.2) is 0 Å². The van der Waals surface area contributed by atoms with Gasteiger partial charge in [-0.15, -0.1) is 0 Å². The maximum Gasteiger partial charge on any atom is 0.108 e. The lowest BCUT2D eigenvalue weighted by Gasteiger charge is -2.54. The van der Waals surface area contributed by atoms with Crippen LogP contribution in [0.15, 0.2) is 12.3 Å². The van der Waals surface area contributed by atoms with Crippen LogP contribution in [0, 0.1) is 23.7 Å². The van der Waals surface area contributed by atoms with E-state index in [0.717, 1.165) is 29.4 Å². The van der Waals surface area contributed by atoms with Crippen molar-refractivity contribution in [2.24, 2.45) is 29.4 Å². The fourth-order valence-electron chi connectivity index (χ4n) is 5.25. The summed E-state index contributed by atoms with van der Waals surface area (Å²) >= 11 is 0. The Hall–Kier alpha value is -0.870. The van der Waals surface area contributed by atoms with Crippen molar-refractivity contribution >= 4 is 0 Å². The quantitative estimate of drug-likeness (QED) is 0.873. The van der Waals surface area contributed by atoms with E-state index >= 15 is 0 Å². The third-order valence-corrected chi connectivity index (χ3v) is 5.72. The summed E-state index contributed by atoms with van der Waals surface area (Å²) in [6, 6.07) is 2.45. The number of aromatic nitrogens is 2. The van der Waals surface area contributed by atoms with Crippen molar-refractivity contribution in [3.05, 3.63) is 18.0 Å². The van der Waals surface area contributed by atoms with Crippen molar-refractivity contribution in [1.29, 1.82) is 0 Å². The van der Waals surface area contributed by atoms with Crippen molar-refractivity contribution < 1.29 is 5.11 Å². The van der Waals surface area contributed by atoms with E-state index < -0.39 is 6.10 Å². The monoisotopic (exact) mass is 261 g/mol. The molecule has 4 nitrogen and oxygen atoms in total. The topological polar surface area (TPSA) is 64.1 Å². The van der Waals surface area contributed by atoms with Gasteiger partial charge in [0.05, 0.1) is 11.7 Å². The molecule has 4 bridgehead atoms. The highest BCUT2D eigenvalue weighted by Gasteiger charge is 2.49. The van der Waals surface area contributed by atoms with E-state index in [1.165, 1.54) is 32.1 Å². The predicted molar refractivity (Wildman–Crippen MR) is 72.3 cm³/mol. The molecule has 0 aromatic carbocycles. The normalized spacial score (nSPS) is 41.7. The van der Waals surface area contributed by atoms with Gasteiger partial charge < -0.3 is 10.8 Å². The van der Waals surface area contributed by atoms with Crippen LogP contribution in [0.1, 0.15) is 49.9 Å². The Morgan fingerprint density at radius 2 is 1.84 bits per heavy atom. The molecule has 4 fully saturated rings. The predicted octanol–water partition coefficient (Wildman–Crippen LogP) is 1.87. The first-order valence-corrected chi connectivity index (χ1v) is 7.67. The summed E-state index contributed by atoms with van der Waals surface area (Å²) in [5, 5.41) is 14.6. The fourth-order valence-corrected chi connectivity index (χ4v) is 5.25. The van der Waals surface area contributed by atoms with Gasteiger partial charge in [0.2, 0.25) is 0 Å². The van der Waals surface area contributed by atoms with Crippen LogP contribution < -0.4 is 5.73 Å². The number of nitrogens with zero attached hydrogens (tertiary/aromatic N) is 2. The van der Waals surface area contributed by atoms with Gasteiger partial charge in [0.15, 0.2) is 0 Å². The molecule has 3 N–H and O–H groups in total. The lowest BCUT2D eigenvalue weighted by Crippen LogP contribution is -2.46. The Morgan fingerprint density at radius 1 is 1.21 bits per heavy atom. The number of rotatable bonds is 3. The minimum Gasteiger partial charge on any atom is -0.385 e. The third-order valence-electron chi connectivity index (χ3n) is 5.72. The van der Waals surface area contributed by atoms with Gasteiger partial charge in [0.1, 0.15) is 6.10 Å². The highest BCUT2D eigenvalue weighted by molar-refractivity contribution is 5.10. The molecule has 0 saturated heterocycles. The Bertz CT molecular complexity index is 442. The molecule has 1 atom stereocenters. The molecular weight excluding hydrogens is 238 g/mol. The number of aliphatic hydroxyl groups is 1. The standard InChI is InChI=1S/C15H23N3O/c16-8-14(19)13-1-2-17-18(13)15-11-4-9-3-10(6-11)7-12(15)5-9/h1-2,9-12,14-15,19H,3-8,16H2. The van der Waals surface area contributed by atoms with Gasteiger partial charge in [-0.2, -0.15) is 5.10 Å². The van der Waals surface area contributed by atoms with Crippen LogP contribution in [0.4, 0.5) is 0 Å². The molecule has 1 aromatic rings. The van der Waals surface area contributed by atoms with Gasteiger partial charge in [-0.05, 0) is 61.8 Å². The summed E-state index contributed by atoms with van der Waals surface area (Å²) in [5.74, 6) is 3.49. The number of aliphatic hydroxyl groups excluding tert-OH is 1. The summed E-state index contributed by atoms with van der Waals surface area (Å²) in [6.07, 6.45) is 8.20. The smallest absolute Gasteiger partial charge is 0.108 e. The van der Waals surface area contributed by atoms with Crippen molar-refractivity contribution in [1.82, 2.24) is 9.78 Å². The zero-order valence-corrected chi connectivity index (χ0v) is 11.3. The molecule has 0 amide bonds. The molecule has 0 spiro atoms. The molecule has 5 rings (SSSR count). The molecule has 1 aromatic heterocycles. The SMILES string of the molecule is NCC(O)c1ccnn1C1C2CC3CC(C2)CC1C3. The molecule has 4 aliphatic carbocycles. The van der Waals surface area contributed by atoms with Crippen LogP contribution in [0.5, 0.6) is 0 Å². The fraction of sp³-hybridized carbons (Fsp3) is 0.800. The number of hydrogen-bond acceptors (Lipinski definition) is 3. The van der Waals surface area contributed by atoms with E-state index in [1.54, 1.807) is 0 Å². The average molecular weight is 261 g/mol. The van der Waals surface area contributed by atoms with Gasteiger partial charge in [0, 0.05) is 12.7 Å². The maximum absolute atomic E-state index is 10.1. The van der Waals surface area contributed by atoms with Crippen LogP contribution >= 0.6 is 0 Å². The second-order valence-corrected chi connectivity index (χ2v) is 6.87. The third kappa shape index (κ3) is 1.77. The minimum absolute atomic E-state index is 0.277. The molecule has 1 heterocycles. The molecule has 104 valence electrons. The van der Waals surface area contributed by atoms with E-state index in [2.05, 4.69) is 9.78 Å². The first-order valence-electron chi connectivity index (χ1n) is 7.67. The van der Waals surface area contributed by atoms with Crippen LogP contribution in [0.3, 0.4) is 0 Å². The summed E-state index contributed by atoms with van der Waals surface area (Å²) < 4.78 is 2.12. The van der Waals surface area contributed by atoms with Crippen LogP contribution in [-0.2, 0) is 0 Å². The van der Waals surface area contributed by atoms with Gasteiger partial charge in [0.25, 0.3) is 0 Å². The molecule has 19 heavy (non-hydrogen) atoms. The van der Waals surface area contributed by atoms with Gasteiger partial charge >= 0.3 is 0 Å². The molecule has 4 heteroatoms. The highest BCUT2D eigenvalue weighted by atomic mass is 16.3. The first kappa shape index (κ1) is 11.9. The van der Waals surface area contributed by atoms with E-state index in [0.29, 0.717) is 6.04 Å². The lowest BCUT2D eigenvalue weighted by molar-refractivity contribution is -0.0367. The Kier molecular flexibility index (Phi) is 2.71. The van der Waals surface area contributed by atoms with E-state index in [4.69, 9.17) is 5.73 Å².